The summed E-state index contributed by atoms with van der Waals surface area (Å²) in [5.74, 6) is 0.983. The Bertz CT molecular complexity index is 512. The van der Waals surface area contributed by atoms with Gasteiger partial charge in [-0.05, 0) is 37.4 Å². The highest BCUT2D eigenvalue weighted by Crippen LogP contribution is 2.33. The summed E-state index contributed by atoms with van der Waals surface area (Å²) in [7, 11) is 0. The van der Waals surface area contributed by atoms with Crippen LogP contribution in [0.2, 0.25) is 0 Å². The standard InChI is InChI=1S/C14H16N2O/c1-10-5-2-3-6-11(10)12-9-16-17-14(12)13-7-4-8-15-13/h2-3,5-6,9,13,15H,4,7-8H2,1H3. The highest BCUT2D eigenvalue weighted by atomic mass is 16.5. The van der Waals surface area contributed by atoms with Crippen LogP contribution in [0, 0.1) is 6.92 Å². The zero-order valence-electron chi connectivity index (χ0n) is 9.94. The second-order valence-electron chi connectivity index (χ2n) is 4.57. The van der Waals surface area contributed by atoms with E-state index in [4.69, 9.17) is 4.52 Å². The van der Waals surface area contributed by atoms with Gasteiger partial charge in [0.1, 0.15) is 0 Å². The quantitative estimate of drug-likeness (QED) is 0.858. The fraction of sp³-hybridized carbons (Fsp3) is 0.357. The molecule has 1 unspecified atom stereocenters. The molecule has 1 atom stereocenters. The van der Waals surface area contributed by atoms with E-state index in [0.29, 0.717) is 6.04 Å². The van der Waals surface area contributed by atoms with Crippen molar-refractivity contribution >= 4 is 0 Å². The van der Waals surface area contributed by atoms with Crippen molar-refractivity contribution in [2.45, 2.75) is 25.8 Å². The molecule has 0 radical (unpaired) electrons. The Morgan fingerprint density at radius 1 is 1.29 bits per heavy atom. The molecule has 1 aliphatic heterocycles. The summed E-state index contributed by atoms with van der Waals surface area (Å²) in [6.07, 6.45) is 4.17. The number of aromatic nitrogens is 1. The Balaban J connectivity index is 2.04. The Morgan fingerprint density at radius 2 is 2.18 bits per heavy atom. The van der Waals surface area contributed by atoms with Crippen LogP contribution in [-0.2, 0) is 0 Å². The van der Waals surface area contributed by atoms with E-state index in [1.807, 2.05) is 6.20 Å². The van der Waals surface area contributed by atoms with Gasteiger partial charge in [0.25, 0.3) is 0 Å². The largest absolute Gasteiger partial charge is 0.359 e. The molecule has 88 valence electrons. The van der Waals surface area contributed by atoms with E-state index in [1.165, 1.54) is 17.5 Å². The van der Waals surface area contributed by atoms with Gasteiger partial charge in [-0.1, -0.05) is 29.4 Å². The SMILES string of the molecule is Cc1ccccc1-c1cnoc1C1CCCN1. The van der Waals surface area contributed by atoms with Crippen LogP contribution in [0.15, 0.2) is 35.0 Å². The molecule has 1 N–H and O–H groups in total. The van der Waals surface area contributed by atoms with Gasteiger partial charge < -0.3 is 9.84 Å². The lowest BCUT2D eigenvalue weighted by Crippen LogP contribution is -2.12. The third-order valence-electron chi connectivity index (χ3n) is 3.41. The van der Waals surface area contributed by atoms with Crippen molar-refractivity contribution in [3.63, 3.8) is 0 Å². The van der Waals surface area contributed by atoms with Crippen molar-refractivity contribution in [1.29, 1.82) is 0 Å². The number of nitrogens with one attached hydrogen (secondary N) is 1. The smallest absolute Gasteiger partial charge is 0.161 e. The minimum absolute atomic E-state index is 0.326. The topological polar surface area (TPSA) is 38.1 Å². The Morgan fingerprint density at radius 3 is 2.94 bits per heavy atom. The monoisotopic (exact) mass is 228 g/mol. The van der Waals surface area contributed by atoms with Crippen LogP contribution < -0.4 is 5.32 Å². The molecule has 2 aromatic rings. The first-order valence-electron chi connectivity index (χ1n) is 6.10. The molecule has 3 heteroatoms. The number of benzene rings is 1. The van der Waals surface area contributed by atoms with Crippen LogP contribution in [0.1, 0.15) is 30.2 Å². The summed E-state index contributed by atoms with van der Waals surface area (Å²) in [6, 6.07) is 8.68. The van der Waals surface area contributed by atoms with Crippen molar-refractivity contribution in [1.82, 2.24) is 10.5 Å². The predicted octanol–water partition coefficient (Wildman–Crippen LogP) is 3.07. The summed E-state index contributed by atoms with van der Waals surface area (Å²) in [6.45, 7) is 3.19. The fourth-order valence-corrected chi connectivity index (χ4v) is 2.49. The summed E-state index contributed by atoms with van der Waals surface area (Å²) >= 11 is 0. The first-order chi connectivity index (χ1) is 8.36. The van der Waals surface area contributed by atoms with Crippen LogP contribution >= 0.6 is 0 Å². The van der Waals surface area contributed by atoms with E-state index in [2.05, 4.69) is 41.7 Å². The maximum atomic E-state index is 5.45. The van der Waals surface area contributed by atoms with Crippen LogP contribution in [0.25, 0.3) is 11.1 Å². The van der Waals surface area contributed by atoms with Gasteiger partial charge >= 0.3 is 0 Å². The fourth-order valence-electron chi connectivity index (χ4n) is 2.49. The molecule has 0 aliphatic carbocycles. The van der Waals surface area contributed by atoms with Crippen LogP contribution in [0.4, 0.5) is 0 Å². The number of hydrogen-bond donors (Lipinski definition) is 1. The van der Waals surface area contributed by atoms with E-state index in [9.17, 15) is 0 Å². The van der Waals surface area contributed by atoms with Crippen molar-refractivity contribution in [2.24, 2.45) is 0 Å². The molecule has 3 nitrogen and oxygen atoms in total. The van der Waals surface area contributed by atoms with Crippen molar-refractivity contribution in [3.05, 3.63) is 41.8 Å². The van der Waals surface area contributed by atoms with Crippen LogP contribution in [-0.4, -0.2) is 11.7 Å². The molecule has 1 fully saturated rings. The summed E-state index contributed by atoms with van der Waals surface area (Å²) in [5, 5.41) is 7.42. The third-order valence-corrected chi connectivity index (χ3v) is 3.41. The van der Waals surface area contributed by atoms with Gasteiger partial charge in [-0.2, -0.15) is 0 Å². The van der Waals surface area contributed by atoms with Gasteiger partial charge in [0.05, 0.1) is 12.2 Å². The summed E-state index contributed by atoms with van der Waals surface area (Å²) in [5.41, 5.74) is 3.61. The molecule has 1 aliphatic rings. The first-order valence-corrected chi connectivity index (χ1v) is 6.10. The Kier molecular flexibility index (Phi) is 2.69. The molecule has 0 spiro atoms. The third kappa shape index (κ3) is 1.87. The molecule has 2 heterocycles. The van der Waals surface area contributed by atoms with Gasteiger partial charge in [0.15, 0.2) is 5.76 Å². The molecule has 0 bridgehead atoms. The van der Waals surface area contributed by atoms with Gasteiger partial charge in [-0.15, -0.1) is 0 Å². The molecule has 0 saturated carbocycles. The number of aryl methyl sites for hydroxylation is 1. The lowest BCUT2D eigenvalue weighted by Gasteiger charge is -2.09. The number of nitrogens with zero attached hydrogens (tertiary/aromatic N) is 1. The maximum absolute atomic E-state index is 5.45. The number of rotatable bonds is 2. The van der Waals surface area contributed by atoms with E-state index in [1.54, 1.807) is 0 Å². The highest BCUT2D eigenvalue weighted by molar-refractivity contribution is 5.68. The Hall–Kier alpha value is -1.61. The van der Waals surface area contributed by atoms with Gasteiger partial charge in [0, 0.05) is 5.56 Å². The normalized spacial score (nSPS) is 19.7. The average molecular weight is 228 g/mol. The second kappa shape index (κ2) is 4.34. The molecular weight excluding hydrogens is 212 g/mol. The molecular formula is C14H16N2O. The van der Waals surface area contributed by atoms with Gasteiger partial charge in [-0.3, -0.25) is 0 Å². The van der Waals surface area contributed by atoms with Crippen molar-refractivity contribution in [2.75, 3.05) is 6.54 Å². The van der Waals surface area contributed by atoms with E-state index < -0.39 is 0 Å². The summed E-state index contributed by atoms with van der Waals surface area (Å²) < 4.78 is 5.45. The van der Waals surface area contributed by atoms with E-state index in [0.717, 1.165) is 24.3 Å². The minimum atomic E-state index is 0.326. The lowest BCUT2D eigenvalue weighted by atomic mass is 9.98. The zero-order chi connectivity index (χ0) is 11.7. The lowest BCUT2D eigenvalue weighted by molar-refractivity contribution is 0.352. The zero-order valence-corrected chi connectivity index (χ0v) is 9.94. The molecule has 1 aromatic heterocycles. The predicted molar refractivity (Wildman–Crippen MR) is 66.7 cm³/mol. The molecule has 0 amide bonds. The van der Waals surface area contributed by atoms with Gasteiger partial charge in [0.2, 0.25) is 0 Å². The first kappa shape index (κ1) is 10.5. The van der Waals surface area contributed by atoms with Crippen molar-refractivity contribution < 1.29 is 4.52 Å². The van der Waals surface area contributed by atoms with Crippen LogP contribution in [0.3, 0.4) is 0 Å². The van der Waals surface area contributed by atoms with Gasteiger partial charge in [-0.25, -0.2) is 0 Å². The summed E-state index contributed by atoms with van der Waals surface area (Å²) in [4.78, 5) is 0. The Labute approximate surface area is 101 Å². The van der Waals surface area contributed by atoms with Crippen LogP contribution in [0.5, 0.6) is 0 Å². The highest BCUT2D eigenvalue weighted by Gasteiger charge is 2.24. The minimum Gasteiger partial charge on any atom is -0.359 e. The second-order valence-corrected chi connectivity index (χ2v) is 4.57. The van der Waals surface area contributed by atoms with Crippen molar-refractivity contribution in [3.8, 4) is 11.1 Å². The van der Waals surface area contributed by atoms with E-state index in [-0.39, 0.29) is 0 Å². The molecule has 1 aromatic carbocycles. The molecule has 3 rings (SSSR count). The maximum Gasteiger partial charge on any atom is 0.161 e. The average Bonchev–Trinajstić information content (AvgIpc) is 3.00. The number of hydrogen-bond acceptors (Lipinski definition) is 3. The molecule has 17 heavy (non-hydrogen) atoms. The molecule has 1 saturated heterocycles. The van der Waals surface area contributed by atoms with E-state index >= 15 is 0 Å².